The Morgan fingerprint density at radius 1 is 0.362 bits per heavy atom. The van der Waals surface area contributed by atoms with E-state index in [1.54, 1.807) is 0 Å². The number of esters is 3. The van der Waals surface area contributed by atoms with Crippen LogP contribution in [0.15, 0.2) is 60.8 Å². The lowest BCUT2D eigenvalue weighted by molar-refractivity contribution is -0.161. The second-order valence-electron chi connectivity index (χ2n) is 22.3. The number of phosphoric acid groups is 1. The van der Waals surface area contributed by atoms with Crippen LogP contribution >= 0.6 is 7.82 Å². The third-order valence-corrected chi connectivity index (χ3v) is 15.4. The molecule has 0 amide bonds. The summed E-state index contributed by atoms with van der Waals surface area (Å²) in [7, 11) is -4.76. The standard InChI is InChI=1S/C68H123O11P/c1-4-7-10-13-16-19-22-25-28-30-32-34-37-39-42-45-48-51-54-57-66(70)75-61-65(79-68(72)59-56-53-50-47-44-41-38-35-33-31-29-26-23-20-17-14-11-8-5-2)63-77-80(73,74)76-62-64(60-69)78-67(71)58-55-52-49-46-43-40-36-27-24-21-18-15-12-9-6-3/h9,12,18,21,26-27,29,36,43,46,64-65,69H,4-8,10-11,13-17,19-20,22-25,28,30-35,37-42,44-45,47-63H2,1-3H3,(H,73,74)/b12-9-,21-18-,29-26-,36-27-,46-43-. The Bertz CT molecular complexity index is 1570. The van der Waals surface area contributed by atoms with E-state index in [0.29, 0.717) is 19.3 Å². The van der Waals surface area contributed by atoms with Crippen LogP contribution in [0.3, 0.4) is 0 Å². The molecule has 2 N–H and O–H groups in total. The summed E-state index contributed by atoms with van der Waals surface area (Å²) >= 11 is 0. The first-order valence-electron chi connectivity index (χ1n) is 33.2. The Morgan fingerprint density at radius 3 is 1.04 bits per heavy atom. The van der Waals surface area contributed by atoms with E-state index in [1.807, 2.05) is 0 Å². The van der Waals surface area contributed by atoms with Gasteiger partial charge < -0.3 is 24.2 Å². The van der Waals surface area contributed by atoms with E-state index in [2.05, 4.69) is 81.5 Å². The molecular weight excluding hydrogens is 1020 g/mol. The number of aliphatic hydroxyl groups excluding tert-OH is 1. The summed E-state index contributed by atoms with van der Waals surface area (Å²) in [5.74, 6) is -1.49. The third-order valence-electron chi connectivity index (χ3n) is 14.4. The number of hydrogen-bond acceptors (Lipinski definition) is 10. The predicted octanol–water partition coefficient (Wildman–Crippen LogP) is 20.3. The first kappa shape index (κ1) is 77.2. The van der Waals surface area contributed by atoms with Crippen molar-refractivity contribution in [3.63, 3.8) is 0 Å². The Kier molecular flexibility index (Phi) is 60.0. The topological polar surface area (TPSA) is 155 Å². The van der Waals surface area contributed by atoms with Gasteiger partial charge in [0.15, 0.2) is 6.10 Å². The van der Waals surface area contributed by atoms with Crippen LogP contribution in [0, 0.1) is 0 Å². The SMILES string of the molecule is CC/C=C\C/C=C\C/C=C\C/C=C\CCCCC(=O)OC(CO)COP(=O)(O)OCC(COC(=O)CCCCCCCCCCCCCCCCCCCCC)OC(=O)CCCCCCCCCCC/C=C\CCCCCCCC. The average Bonchev–Trinajstić information content (AvgIpc) is 3.45. The van der Waals surface area contributed by atoms with Crippen LogP contribution < -0.4 is 0 Å². The molecule has 0 heterocycles. The molecule has 0 rings (SSSR count). The monoisotopic (exact) mass is 1150 g/mol. The molecule has 12 heteroatoms. The van der Waals surface area contributed by atoms with Gasteiger partial charge in [0.25, 0.3) is 0 Å². The number of carbonyl (C=O) groups is 3. The molecule has 0 aliphatic rings. The Morgan fingerprint density at radius 2 is 0.650 bits per heavy atom. The van der Waals surface area contributed by atoms with Crippen LogP contribution in [0.1, 0.15) is 316 Å². The van der Waals surface area contributed by atoms with Crippen molar-refractivity contribution in [2.24, 2.45) is 0 Å². The maximum atomic E-state index is 13.0. The largest absolute Gasteiger partial charge is 0.472 e. The van der Waals surface area contributed by atoms with Gasteiger partial charge in [-0.15, -0.1) is 0 Å². The first-order valence-corrected chi connectivity index (χ1v) is 34.7. The van der Waals surface area contributed by atoms with Gasteiger partial charge in [-0.3, -0.25) is 23.4 Å². The molecule has 0 aliphatic heterocycles. The summed E-state index contributed by atoms with van der Waals surface area (Å²) in [6.45, 7) is 4.54. The molecule has 0 aliphatic carbocycles. The number of unbranched alkanes of at least 4 members (excludes halogenated alkanes) is 35. The summed E-state index contributed by atoms with van der Waals surface area (Å²) in [6, 6.07) is 0. The van der Waals surface area contributed by atoms with Gasteiger partial charge in [-0.2, -0.15) is 0 Å². The summed E-state index contributed by atoms with van der Waals surface area (Å²) in [5, 5.41) is 9.84. The second-order valence-corrected chi connectivity index (χ2v) is 23.7. The van der Waals surface area contributed by atoms with Gasteiger partial charge in [0, 0.05) is 19.3 Å². The van der Waals surface area contributed by atoms with E-state index in [9.17, 15) is 28.9 Å². The molecule has 80 heavy (non-hydrogen) atoms. The molecule has 0 saturated heterocycles. The lowest BCUT2D eigenvalue weighted by atomic mass is 10.0. The summed E-state index contributed by atoms with van der Waals surface area (Å²) in [6.07, 6.45) is 70.4. The van der Waals surface area contributed by atoms with Crippen LogP contribution in [0.2, 0.25) is 0 Å². The van der Waals surface area contributed by atoms with Crippen LogP contribution in [-0.2, 0) is 42.2 Å². The number of allylic oxidation sites excluding steroid dienone is 10. The number of phosphoric ester groups is 1. The van der Waals surface area contributed by atoms with Crippen LogP contribution in [0.5, 0.6) is 0 Å². The van der Waals surface area contributed by atoms with Crippen molar-refractivity contribution in [2.45, 2.75) is 328 Å². The minimum Gasteiger partial charge on any atom is -0.462 e. The van der Waals surface area contributed by atoms with E-state index < -0.39 is 57.8 Å². The molecule has 11 nitrogen and oxygen atoms in total. The molecule has 0 aromatic heterocycles. The fourth-order valence-corrected chi connectivity index (χ4v) is 10.2. The Hall–Kier alpha value is -2.82. The fraction of sp³-hybridized carbons (Fsp3) is 0.809. The molecule has 0 saturated carbocycles. The minimum absolute atomic E-state index is 0.125. The number of aliphatic hydroxyl groups is 1. The quantitative estimate of drug-likeness (QED) is 0.0197. The van der Waals surface area contributed by atoms with Gasteiger partial charge in [0.1, 0.15) is 12.7 Å². The normalized spacial score (nSPS) is 13.6. The van der Waals surface area contributed by atoms with Crippen molar-refractivity contribution in [2.75, 3.05) is 26.4 Å². The zero-order valence-electron chi connectivity index (χ0n) is 51.8. The van der Waals surface area contributed by atoms with Crippen LogP contribution in [0.4, 0.5) is 0 Å². The summed E-state index contributed by atoms with van der Waals surface area (Å²) in [5.41, 5.74) is 0. The molecule has 0 fully saturated rings. The van der Waals surface area contributed by atoms with Crippen LogP contribution in [-0.4, -0.2) is 66.5 Å². The Balaban J connectivity index is 4.70. The number of hydrogen-bond donors (Lipinski definition) is 2. The lowest BCUT2D eigenvalue weighted by Gasteiger charge is -2.21. The van der Waals surface area contributed by atoms with E-state index in [-0.39, 0.29) is 25.9 Å². The van der Waals surface area contributed by atoms with E-state index in [1.165, 1.54) is 180 Å². The number of ether oxygens (including phenoxy) is 3. The van der Waals surface area contributed by atoms with E-state index >= 15 is 0 Å². The molecule has 0 radical (unpaired) electrons. The molecule has 3 unspecified atom stereocenters. The van der Waals surface area contributed by atoms with Gasteiger partial charge in [-0.25, -0.2) is 4.57 Å². The van der Waals surface area contributed by atoms with Crippen molar-refractivity contribution in [1.82, 2.24) is 0 Å². The molecule has 0 bridgehead atoms. The van der Waals surface area contributed by atoms with Crippen molar-refractivity contribution in [1.29, 1.82) is 0 Å². The third kappa shape index (κ3) is 59.8. The zero-order valence-corrected chi connectivity index (χ0v) is 52.7. The molecular formula is C68H123O11P. The highest BCUT2D eigenvalue weighted by atomic mass is 31.2. The number of rotatable bonds is 62. The van der Waals surface area contributed by atoms with Crippen molar-refractivity contribution < 1.29 is 52.2 Å². The van der Waals surface area contributed by atoms with Crippen molar-refractivity contribution in [3.05, 3.63) is 60.8 Å². The lowest BCUT2D eigenvalue weighted by Crippen LogP contribution is -2.30. The van der Waals surface area contributed by atoms with Gasteiger partial charge in [-0.05, 0) is 83.5 Å². The smallest absolute Gasteiger partial charge is 0.462 e. The minimum atomic E-state index is -4.76. The average molecular weight is 1150 g/mol. The Labute approximate surface area is 491 Å². The zero-order chi connectivity index (χ0) is 58.3. The second kappa shape index (κ2) is 62.2. The first-order chi connectivity index (χ1) is 39.2. The predicted molar refractivity (Wildman–Crippen MR) is 335 cm³/mol. The molecule has 0 spiro atoms. The molecule has 0 aromatic rings. The number of carbonyl (C=O) groups excluding carboxylic acids is 3. The highest BCUT2D eigenvalue weighted by Gasteiger charge is 2.28. The van der Waals surface area contributed by atoms with Gasteiger partial charge >= 0.3 is 25.7 Å². The van der Waals surface area contributed by atoms with Gasteiger partial charge in [-0.1, -0.05) is 274 Å². The highest BCUT2D eigenvalue weighted by molar-refractivity contribution is 7.47. The summed E-state index contributed by atoms with van der Waals surface area (Å²) < 4.78 is 39.7. The van der Waals surface area contributed by atoms with Crippen molar-refractivity contribution in [3.8, 4) is 0 Å². The fourth-order valence-electron chi connectivity index (χ4n) is 9.40. The van der Waals surface area contributed by atoms with Crippen molar-refractivity contribution >= 4 is 25.7 Å². The molecule has 466 valence electrons. The maximum absolute atomic E-state index is 13.0. The van der Waals surface area contributed by atoms with E-state index in [4.69, 9.17) is 23.3 Å². The molecule has 0 aromatic carbocycles. The molecule has 3 atom stereocenters. The highest BCUT2D eigenvalue weighted by Crippen LogP contribution is 2.43. The van der Waals surface area contributed by atoms with E-state index in [0.717, 1.165) is 77.0 Å². The maximum Gasteiger partial charge on any atom is 0.472 e. The van der Waals surface area contributed by atoms with Gasteiger partial charge in [0.05, 0.1) is 19.8 Å². The summed E-state index contributed by atoms with van der Waals surface area (Å²) in [4.78, 5) is 48.8. The van der Waals surface area contributed by atoms with Crippen LogP contribution in [0.25, 0.3) is 0 Å². The van der Waals surface area contributed by atoms with Gasteiger partial charge in [0.2, 0.25) is 0 Å².